The van der Waals surface area contributed by atoms with E-state index in [4.69, 9.17) is 4.74 Å². The number of aryl methyl sites for hydroxylation is 1. The molecule has 2 atom stereocenters. The zero-order valence-corrected chi connectivity index (χ0v) is 13.4. The number of hydrogen-bond acceptors (Lipinski definition) is 5. The van der Waals surface area contributed by atoms with Crippen molar-refractivity contribution >= 4 is 0 Å². The van der Waals surface area contributed by atoms with E-state index in [1.807, 2.05) is 37.3 Å². The highest BCUT2D eigenvalue weighted by atomic mass is 16.5. The molecule has 0 aliphatic carbocycles. The third-order valence-electron chi connectivity index (χ3n) is 4.12. The molecule has 1 N–H and O–H groups in total. The van der Waals surface area contributed by atoms with Gasteiger partial charge in [-0.2, -0.15) is 0 Å². The van der Waals surface area contributed by atoms with Crippen molar-refractivity contribution in [3.05, 3.63) is 54.1 Å². The maximum atomic E-state index is 10.3. The van der Waals surface area contributed by atoms with Crippen LogP contribution in [0.3, 0.4) is 0 Å². The smallest absolute Gasteiger partial charge is 0.145 e. The maximum absolute atomic E-state index is 10.3. The molecule has 5 nitrogen and oxygen atoms in total. The Hall–Kier alpha value is -1.98. The first kappa shape index (κ1) is 15.9. The van der Waals surface area contributed by atoms with Crippen LogP contribution >= 0.6 is 0 Å². The summed E-state index contributed by atoms with van der Waals surface area (Å²) in [6, 6.07) is 9.90. The molecule has 23 heavy (non-hydrogen) atoms. The lowest BCUT2D eigenvalue weighted by molar-refractivity contribution is 0.0627. The molecular weight excluding hydrogens is 290 g/mol. The third-order valence-corrected chi connectivity index (χ3v) is 4.12. The van der Waals surface area contributed by atoms with Crippen molar-refractivity contribution in [3.63, 3.8) is 0 Å². The summed E-state index contributed by atoms with van der Waals surface area (Å²) in [7, 11) is 0. The quantitative estimate of drug-likeness (QED) is 0.887. The van der Waals surface area contributed by atoms with E-state index in [1.165, 1.54) is 0 Å². The van der Waals surface area contributed by atoms with Crippen LogP contribution in [0.5, 0.6) is 5.75 Å². The highest BCUT2D eigenvalue weighted by Gasteiger charge is 2.29. The van der Waals surface area contributed by atoms with Crippen LogP contribution in [0.15, 0.2) is 42.7 Å². The van der Waals surface area contributed by atoms with E-state index in [9.17, 15) is 5.11 Å². The lowest BCUT2D eigenvalue weighted by Gasteiger charge is -2.25. The molecule has 122 valence electrons. The number of aliphatic hydroxyl groups is 1. The van der Waals surface area contributed by atoms with Crippen molar-refractivity contribution in [2.75, 3.05) is 19.7 Å². The van der Waals surface area contributed by atoms with Gasteiger partial charge in [-0.15, -0.1) is 0 Å². The maximum Gasteiger partial charge on any atom is 0.145 e. The molecule has 1 aliphatic rings. The summed E-state index contributed by atoms with van der Waals surface area (Å²) in [5, 5.41) is 10.3. The Balaban J connectivity index is 1.53. The lowest BCUT2D eigenvalue weighted by atomic mass is 10.2. The Kier molecular flexibility index (Phi) is 5.20. The fraction of sp³-hybridized carbons (Fsp3) is 0.444. The number of β-amino-alcohol motifs (C(OH)–C–C–N with tert-alkyl or cyclic N) is 1. The summed E-state index contributed by atoms with van der Waals surface area (Å²) in [4.78, 5) is 11.0. The van der Waals surface area contributed by atoms with Crippen LogP contribution in [-0.4, -0.2) is 45.8 Å². The number of aromatic nitrogens is 2. The second-order valence-corrected chi connectivity index (χ2v) is 6.04. The molecule has 0 amide bonds. The minimum atomic E-state index is -0.528. The van der Waals surface area contributed by atoms with E-state index in [1.54, 1.807) is 12.4 Å². The predicted octanol–water partition coefficient (Wildman–Crippen LogP) is 2.36. The van der Waals surface area contributed by atoms with Crippen molar-refractivity contribution in [2.24, 2.45) is 0 Å². The van der Waals surface area contributed by atoms with E-state index in [0.717, 1.165) is 36.5 Å². The van der Waals surface area contributed by atoms with Crippen LogP contribution in [0.1, 0.15) is 30.3 Å². The molecule has 2 unspecified atom stereocenters. The fourth-order valence-electron chi connectivity index (χ4n) is 3.04. The first-order valence-corrected chi connectivity index (χ1v) is 8.11. The number of likely N-dealkylation sites (tertiary alicyclic amines) is 1. The zero-order valence-electron chi connectivity index (χ0n) is 13.4. The van der Waals surface area contributed by atoms with Crippen LogP contribution in [0.4, 0.5) is 0 Å². The summed E-state index contributed by atoms with van der Waals surface area (Å²) in [6.07, 6.45) is 5.16. The van der Waals surface area contributed by atoms with Gasteiger partial charge in [0.2, 0.25) is 0 Å². The lowest BCUT2D eigenvalue weighted by Crippen LogP contribution is -2.35. The molecule has 1 aliphatic heterocycles. The summed E-state index contributed by atoms with van der Waals surface area (Å²) in [6.45, 7) is 3.86. The zero-order chi connectivity index (χ0) is 16.1. The first-order valence-electron chi connectivity index (χ1n) is 8.11. The number of nitrogens with zero attached hydrogens (tertiary/aromatic N) is 3. The van der Waals surface area contributed by atoms with E-state index in [0.29, 0.717) is 13.2 Å². The molecule has 1 saturated heterocycles. The predicted molar refractivity (Wildman–Crippen MR) is 88.3 cm³/mol. The number of ether oxygens (including phenoxy) is 1. The van der Waals surface area contributed by atoms with Gasteiger partial charge in [-0.25, -0.2) is 9.97 Å². The second-order valence-electron chi connectivity index (χ2n) is 6.04. The molecular formula is C18H23N3O2. The molecule has 0 bridgehead atoms. The minimum absolute atomic E-state index is 0.199. The molecule has 0 spiro atoms. The van der Waals surface area contributed by atoms with Gasteiger partial charge in [0.15, 0.2) is 0 Å². The normalized spacial score (nSPS) is 19.7. The Labute approximate surface area is 137 Å². The monoisotopic (exact) mass is 313 g/mol. The van der Waals surface area contributed by atoms with Crippen LogP contribution in [0.25, 0.3) is 0 Å². The molecule has 1 fully saturated rings. The average molecular weight is 313 g/mol. The standard InChI is InChI=1S/C18H23N3O2/c1-14-5-2-6-16(11-14)23-13-15(22)12-21-10-3-7-17(21)18-19-8-4-9-20-18/h2,4-6,8-9,11,15,17,22H,3,7,10,12-13H2,1H3. The molecule has 2 heterocycles. The van der Waals surface area contributed by atoms with E-state index in [-0.39, 0.29) is 6.04 Å². The fourth-order valence-corrected chi connectivity index (χ4v) is 3.04. The van der Waals surface area contributed by atoms with E-state index in [2.05, 4.69) is 14.9 Å². The van der Waals surface area contributed by atoms with Crippen LogP contribution in [-0.2, 0) is 0 Å². The van der Waals surface area contributed by atoms with Crippen LogP contribution < -0.4 is 4.74 Å². The topological polar surface area (TPSA) is 58.5 Å². The Morgan fingerprint density at radius 3 is 2.91 bits per heavy atom. The molecule has 1 aromatic carbocycles. The first-order chi connectivity index (χ1) is 11.2. The highest BCUT2D eigenvalue weighted by Crippen LogP contribution is 2.29. The van der Waals surface area contributed by atoms with Gasteiger partial charge in [0.1, 0.15) is 24.3 Å². The van der Waals surface area contributed by atoms with E-state index < -0.39 is 6.10 Å². The van der Waals surface area contributed by atoms with Crippen molar-refractivity contribution in [1.29, 1.82) is 0 Å². The minimum Gasteiger partial charge on any atom is -0.491 e. The largest absolute Gasteiger partial charge is 0.491 e. The summed E-state index contributed by atoms with van der Waals surface area (Å²) in [5.41, 5.74) is 1.15. The summed E-state index contributed by atoms with van der Waals surface area (Å²) in [5.74, 6) is 1.64. The van der Waals surface area contributed by atoms with Gasteiger partial charge in [0, 0.05) is 18.9 Å². The van der Waals surface area contributed by atoms with Gasteiger partial charge in [-0.1, -0.05) is 12.1 Å². The number of aliphatic hydroxyl groups excluding tert-OH is 1. The highest BCUT2D eigenvalue weighted by molar-refractivity contribution is 5.27. The van der Waals surface area contributed by atoms with Gasteiger partial charge in [-0.05, 0) is 50.1 Å². The molecule has 0 saturated carbocycles. The second kappa shape index (κ2) is 7.53. The Morgan fingerprint density at radius 2 is 2.13 bits per heavy atom. The number of rotatable bonds is 6. The average Bonchev–Trinajstić information content (AvgIpc) is 3.02. The summed E-state index contributed by atoms with van der Waals surface area (Å²) >= 11 is 0. The van der Waals surface area contributed by atoms with Crippen molar-refractivity contribution < 1.29 is 9.84 Å². The van der Waals surface area contributed by atoms with Crippen LogP contribution in [0.2, 0.25) is 0 Å². The number of hydrogen-bond donors (Lipinski definition) is 1. The summed E-state index contributed by atoms with van der Waals surface area (Å²) < 4.78 is 5.69. The SMILES string of the molecule is Cc1cccc(OCC(O)CN2CCCC2c2ncccn2)c1. The molecule has 3 rings (SSSR count). The molecule has 1 aromatic heterocycles. The van der Waals surface area contributed by atoms with Gasteiger partial charge in [-0.3, -0.25) is 4.90 Å². The number of benzene rings is 1. The molecule has 2 aromatic rings. The Bertz CT molecular complexity index is 621. The van der Waals surface area contributed by atoms with Gasteiger partial charge < -0.3 is 9.84 Å². The van der Waals surface area contributed by atoms with Crippen molar-refractivity contribution in [2.45, 2.75) is 31.9 Å². The Morgan fingerprint density at radius 1 is 1.30 bits per heavy atom. The van der Waals surface area contributed by atoms with Gasteiger partial charge in [0.25, 0.3) is 0 Å². The molecule has 0 radical (unpaired) electrons. The van der Waals surface area contributed by atoms with Gasteiger partial charge in [0.05, 0.1) is 6.04 Å². The van der Waals surface area contributed by atoms with Crippen molar-refractivity contribution in [1.82, 2.24) is 14.9 Å². The van der Waals surface area contributed by atoms with Gasteiger partial charge >= 0.3 is 0 Å². The third kappa shape index (κ3) is 4.27. The van der Waals surface area contributed by atoms with E-state index >= 15 is 0 Å². The van der Waals surface area contributed by atoms with Crippen molar-refractivity contribution in [3.8, 4) is 5.75 Å². The van der Waals surface area contributed by atoms with Crippen LogP contribution in [0, 0.1) is 6.92 Å². The molecule has 5 heteroatoms.